The minimum atomic E-state index is -0.372. The second-order valence-electron chi connectivity index (χ2n) is 5.49. The van der Waals surface area contributed by atoms with Crippen LogP contribution in [-0.4, -0.2) is 25.2 Å². The minimum absolute atomic E-state index is 0.129. The van der Waals surface area contributed by atoms with Gasteiger partial charge in [0, 0.05) is 6.61 Å². The van der Waals surface area contributed by atoms with Crippen LogP contribution in [0.25, 0.3) is 0 Å². The van der Waals surface area contributed by atoms with Gasteiger partial charge in [-0.1, -0.05) is 12.1 Å². The second-order valence-corrected chi connectivity index (χ2v) is 5.49. The van der Waals surface area contributed by atoms with Crippen molar-refractivity contribution in [3.05, 3.63) is 48.5 Å². The third-order valence-corrected chi connectivity index (χ3v) is 3.73. The Bertz CT molecular complexity index is 678. The lowest BCUT2D eigenvalue weighted by Gasteiger charge is -2.14. The molecular weight excluding hydrogens is 306 g/mol. The molecule has 2 aromatic carbocycles. The van der Waals surface area contributed by atoms with E-state index in [0.717, 1.165) is 18.6 Å². The van der Waals surface area contributed by atoms with E-state index in [2.05, 4.69) is 5.32 Å². The Kier molecular flexibility index (Phi) is 5.33. The first-order valence-corrected chi connectivity index (χ1v) is 8.18. The molecular formula is C19H21NO4. The van der Waals surface area contributed by atoms with Gasteiger partial charge in [0.05, 0.1) is 12.3 Å². The molecule has 5 nitrogen and oxygen atoms in total. The molecule has 126 valence electrons. The molecule has 0 aromatic heterocycles. The lowest BCUT2D eigenvalue weighted by Crippen LogP contribution is -2.26. The number of nitrogens with one attached hydrogen (secondary N) is 1. The Morgan fingerprint density at radius 3 is 2.62 bits per heavy atom. The van der Waals surface area contributed by atoms with Crippen LogP contribution in [0.15, 0.2) is 48.5 Å². The summed E-state index contributed by atoms with van der Waals surface area (Å²) in [5.41, 5.74) is 0.631. The number of carbonyl (C=O) groups is 1. The van der Waals surface area contributed by atoms with E-state index < -0.39 is 0 Å². The van der Waals surface area contributed by atoms with Crippen molar-refractivity contribution >= 4 is 11.6 Å². The maximum Gasteiger partial charge on any atom is 0.253 e. The van der Waals surface area contributed by atoms with Crippen molar-refractivity contribution in [3.63, 3.8) is 0 Å². The lowest BCUT2D eigenvalue weighted by atomic mass is 10.2. The number of hydrogen-bond donors (Lipinski definition) is 1. The Morgan fingerprint density at radius 1 is 1.17 bits per heavy atom. The molecule has 24 heavy (non-hydrogen) atoms. The third kappa shape index (κ3) is 4.06. The number of hydrogen-bond acceptors (Lipinski definition) is 4. The maximum atomic E-state index is 12.2. The van der Waals surface area contributed by atoms with Crippen LogP contribution >= 0.6 is 0 Å². The van der Waals surface area contributed by atoms with Gasteiger partial charge < -0.3 is 19.5 Å². The molecule has 2 aromatic rings. The van der Waals surface area contributed by atoms with Crippen LogP contribution in [0, 0.1) is 0 Å². The Labute approximate surface area is 141 Å². The zero-order valence-electron chi connectivity index (χ0n) is 13.7. The molecule has 0 spiro atoms. The van der Waals surface area contributed by atoms with Crippen molar-refractivity contribution in [1.29, 1.82) is 0 Å². The van der Waals surface area contributed by atoms with Crippen molar-refractivity contribution in [2.75, 3.05) is 18.5 Å². The summed E-state index contributed by atoms with van der Waals surface area (Å²) in [5, 5.41) is 2.89. The second kappa shape index (κ2) is 7.84. The number of rotatable bonds is 6. The fourth-order valence-corrected chi connectivity index (χ4v) is 2.55. The van der Waals surface area contributed by atoms with Crippen molar-refractivity contribution in [2.24, 2.45) is 0 Å². The summed E-state index contributed by atoms with van der Waals surface area (Å²) in [6, 6.07) is 14.7. The summed E-state index contributed by atoms with van der Waals surface area (Å²) in [4.78, 5) is 12.2. The van der Waals surface area contributed by atoms with Gasteiger partial charge in [-0.3, -0.25) is 4.79 Å². The van der Waals surface area contributed by atoms with Gasteiger partial charge in [-0.25, -0.2) is 0 Å². The zero-order valence-corrected chi connectivity index (χ0v) is 13.7. The van der Waals surface area contributed by atoms with Gasteiger partial charge in [-0.2, -0.15) is 0 Å². The molecule has 1 atom stereocenters. The SMILES string of the molecule is CCOc1ccc(Oc2ccccc2NC(=O)[C@@H]2CCCO2)cc1. The highest BCUT2D eigenvalue weighted by atomic mass is 16.5. The van der Waals surface area contributed by atoms with E-state index in [1.54, 1.807) is 0 Å². The van der Waals surface area contributed by atoms with E-state index >= 15 is 0 Å². The average molecular weight is 327 g/mol. The van der Waals surface area contributed by atoms with Gasteiger partial charge >= 0.3 is 0 Å². The first-order valence-electron chi connectivity index (χ1n) is 8.18. The van der Waals surface area contributed by atoms with Crippen molar-refractivity contribution in [2.45, 2.75) is 25.9 Å². The monoisotopic (exact) mass is 327 g/mol. The molecule has 1 aliphatic rings. The molecule has 1 aliphatic heterocycles. The first kappa shape index (κ1) is 16.3. The Balaban J connectivity index is 1.70. The summed E-state index contributed by atoms with van der Waals surface area (Å²) in [5.74, 6) is 1.94. The van der Waals surface area contributed by atoms with Crippen LogP contribution in [0.2, 0.25) is 0 Å². The number of amides is 1. The Hall–Kier alpha value is -2.53. The lowest BCUT2D eigenvalue weighted by molar-refractivity contribution is -0.124. The van der Waals surface area contributed by atoms with E-state index in [4.69, 9.17) is 14.2 Å². The van der Waals surface area contributed by atoms with E-state index in [1.807, 2.05) is 55.5 Å². The molecule has 0 saturated carbocycles. The summed E-state index contributed by atoms with van der Waals surface area (Å²) >= 11 is 0. The largest absolute Gasteiger partial charge is 0.494 e. The highest BCUT2D eigenvalue weighted by molar-refractivity contribution is 5.95. The fourth-order valence-electron chi connectivity index (χ4n) is 2.55. The molecule has 0 bridgehead atoms. The number of para-hydroxylation sites is 2. The number of benzene rings is 2. The maximum absolute atomic E-state index is 12.2. The van der Waals surface area contributed by atoms with Crippen LogP contribution < -0.4 is 14.8 Å². The van der Waals surface area contributed by atoms with Gasteiger partial charge in [0.25, 0.3) is 5.91 Å². The summed E-state index contributed by atoms with van der Waals surface area (Å²) in [6.07, 6.45) is 1.31. The molecule has 1 amide bonds. The normalized spacial score (nSPS) is 16.6. The summed E-state index contributed by atoms with van der Waals surface area (Å²) in [7, 11) is 0. The van der Waals surface area contributed by atoms with Crippen LogP contribution in [0.5, 0.6) is 17.2 Å². The van der Waals surface area contributed by atoms with Crippen LogP contribution in [0.1, 0.15) is 19.8 Å². The van der Waals surface area contributed by atoms with E-state index in [9.17, 15) is 4.79 Å². The molecule has 3 rings (SSSR count). The molecule has 5 heteroatoms. The topological polar surface area (TPSA) is 56.8 Å². The molecule has 0 aliphatic carbocycles. The smallest absolute Gasteiger partial charge is 0.253 e. The molecule has 1 N–H and O–H groups in total. The number of anilines is 1. The summed E-state index contributed by atoms with van der Waals surface area (Å²) in [6.45, 7) is 3.21. The molecule has 1 saturated heterocycles. The van der Waals surface area contributed by atoms with E-state index in [1.165, 1.54) is 0 Å². The first-order chi connectivity index (χ1) is 11.8. The van der Waals surface area contributed by atoms with Crippen molar-refractivity contribution < 1.29 is 19.0 Å². The van der Waals surface area contributed by atoms with Gasteiger partial charge in [-0.15, -0.1) is 0 Å². The van der Waals surface area contributed by atoms with Gasteiger partial charge in [0.1, 0.15) is 17.6 Å². The van der Waals surface area contributed by atoms with Gasteiger partial charge in [0.2, 0.25) is 0 Å². The number of ether oxygens (including phenoxy) is 3. The minimum Gasteiger partial charge on any atom is -0.494 e. The molecule has 1 heterocycles. The predicted molar refractivity (Wildman–Crippen MR) is 91.7 cm³/mol. The zero-order chi connectivity index (χ0) is 16.8. The van der Waals surface area contributed by atoms with Crippen LogP contribution in [-0.2, 0) is 9.53 Å². The fraction of sp³-hybridized carbons (Fsp3) is 0.316. The standard InChI is InChI=1S/C19H21NO4/c1-2-22-14-9-11-15(12-10-14)24-17-7-4-3-6-16(17)20-19(21)18-8-5-13-23-18/h3-4,6-7,9-12,18H,2,5,8,13H2,1H3,(H,20,21)/t18-/m0/s1. The van der Waals surface area contributed by atoms with Crippen LogP contribution in [0.3, 0.4) is 0 Å². The third-order valence-electron chi connectivity index (χ3n) is 3.73. The Morgan fingerprint density at radius 2 is 1.92 bits per heavy atom. The quantitative estimate of drug-likeness (QED) is 0.871. The average Bonchev–Trinajstić information content (AvgIpc) is 3.13. The predicted octanol–water partition coefficient (Wildman–Crippen LogP) is 4.00. The highest BCUT2D eigenvalue weighted by Gasteiger charge is 2.24. The molecule has 0 radical (unpaired) electrons. The number of carbonyl (C=O) groups excluding carboxylic acids is 1. The van der Waals surface area contributed by atoms with Crippen LogP contribution in [0.4, 0.5) is 5.69 Å². The summed E-state index contributed by atoms with van der Waals surface area (Å²) < 4.78 is 16.7. The van der Waals surface area contributed by atoms with Gasteiger partial charge in [0.15, 0.2) is 5.75 Å². The van der Waals surface area contributed by atoms with E-state index in [-0.39, 0.29) is 12.0 Å². The van der Waals surface area contributed by atoms with Crippen molar-refractivity contribution in [3.8, 4) is 17.2 Å². The molecule has 0 unspecified atom stereocenters. The van der Waals surface area contributed by atoms with Gasteiger partial charge in [-0.05, 0) is 56.2 Å². The molecule has 1 fully saturated rings. The highest BCUT2D eigenvalue weighted by Crippen LogP contribution is 2.30. The van der Waals surface area contributed by atoms with E-state index in [0.29, 0.717) is 30.4 Å². The van der Waals surface area contributed by atoms with Crippen molar-refractivity contribution in [1.82, 2.24) is 0 Å².